The maximum Gasteiger partial charge on any atom is 0.189 e. The molecule has 42 heavy (non-hydrogen) atoms. The van der Waals surface area contributed by atoms with Gasteiger partial charge in [-0.1, -0.05) is 66.2 Å². The monoisotopic (exact) mass is 593 g/mol. The van der Waals surface area contributed by atoms with Crippen molar-refractivity contribution >= 4 is 23.5 Å². The Kier molecular flexibility index (Phi) is 12.4. The van der Waals surface area contributed by atoms with Crippen LogP contribution in [0.25, 0.3) is 6.08 Å². The van der Waals surface area contributed by atoms with Gasteiger partial charge in [-0.3, -0.25) is 14.6 Å². The summed E-state index contributed by atoms with van der Waals surface area (Å²) in [7, 11) is 3.18. The van der Waals surface area contributed by atoms with Crippen molar-refractivity contribution in [3.8, 4) is 11.5 Å². The van der Waals surface area contributed by atoms with Gasteiger partial charge in [-0.15, -0.1) is 0 Å². The molecule has 0 aliphatic carbocycles. The Morgan fingerprint density at radius 2 is 1.64 bits per heavy atom. The number of nitrogens with two attached hydrogens (primary N) is 1. The van der Waals surface area contributed by atoms with Crippen LogP contribution in [0.15, 0.2) is 78.9 Å². The highest BCUT2D eigenvalue weighted by Crippen LogP contribution is 2.31. The van der Waals surface area contributed by atoms with E-state index in [9.17, 15) is 4.79 Å². The molecule has 3 aromatic carbocycles. The van der Waals surface area contributed by atoms with Crippen LogP contribution >= 0.6 is 11.6 Å². The molecule has 0 saturated carbocycles. The lowest BCUT2D eigenvalue weighted by atomic mass is 9.96. The summed E-state index contributed by atoms with van der Waals surface area (Å²) in [4.78, 5) is 17.6. The van der Waals surface area contributed by atoms with E-state index in [2.05, 4.69) is 46.2 Å². The number of ketones is 1. The third-order valence-corrected chi connectivity index (χ3v) is 7.50. The van der Waals surface area contributed by atoms with Gasteiger partial charge in [0.15, 0.2) is 24.1 Å². The van der Waals surface area contributed by atoms with Crippen molar-refractivity contribution in [1.82, 2.24) is 9.80 Å². The average Bonchev–Trinajstić information content (AvgIpc) is 3.02. The number of benzene rings is 3. The van der Waals surface area contributed by atoms with Gasteiger partial charge in [0.25, 0.3) is 0 Å². The fourth-order valence-corrected chi connectivity index (χ4v) is 5.11. The zero-order valence-corrected chi connectivity index (χ0v) is 25.0. The van der Waals surface area contributed by atoms with Crippen molar-refractivity contribution in [3.05, 3.63) is 101 Å². The highest BCUT2D eigenvalue weighted by molar-refractivity contribution is 6.30. The molecule has 4 rings (SSSR count). The van der Waals surface area contributed by atoms with Crippen molar-refractivity contribution in [1.29, 1.82) is 0 Å². The maximum absolute atomic E-state index is 12.9. The summed E-state index contributed by atoms with van der Waals surface area (Å²) in [6.45, 7) is 4.92. The Hall–Kier alpha value is -3.24. The number of rotatable bonds is 15. The molecule has 0 radical (unpaired) electrons. The van der Waals surface area contributed by atoms with Crippen molar-refractivity contribution in [2.75, 3.05) is 67.0 Å². The molecule has 2 N–H and O–H groups in total. The molecule has 2 atom stereocenters. The topological polar surface area (TPSA) is 86.5 Å². The Bertz CT molecular complexity index is 1280. The summed E-state index contributed by atoms with van der Waals surface area (Å²) >= 11 is 6.17. The molecule has 0 bridgehead atoms. The summed E-state index contributed by atoms with van der Waals surface area (Å²) in [5.41, 5.74) is 9.60. The van der Waals surface area contributed by atoms with E-state index in [4.69, 9.17) is 36.3 Å². The molecule has 1 aliphatic heterocycles. The Labute approximate surface area is 253 Å². The molecule has 8 nitrogen and oxygen atoms in total. The van der Waals surface area contributed by atoms with Gasteiger partial charge in [0.05, 0.1) is 32.4 Å². The number of piperazine rings is 1. The molecular formula is C33H40ClN3O5. The number of ether oxygens (including phenoxy) is 4. The SMILES string of the molecule is COCCOCOc1ccc(C=CC(=O)C(N)CN2CCN(C(c3ccccc3)c3ccc(Cl)cc3)CC2)cc1OC. The van der Waals surface area contributed by atoms with E-state index in [0.29, 0.717) is 31.3 Å². The van der Waals surface area contributed by atoms with E-state index in [1.807, 2.05) is 30.3 Å². The smallest absolute Gasteiger partial charge is 0.189 e. The lowest BCUT2D eigenvalue weighted by molar-refractivity contribution is -0.116. The molecule has 0 aromatic heterocycles. The van der Waals surface area contributed by atoms with Crippen LogP contribution in [0.2, 0.25) is 5.02 Å². The lowest BCUT2D eigenvalue weighted by Gasteiger charge is -2.40. The number of carbonyl (C=O) groups excluding carboxylic acids is 1. The first-order chi connectivity index (χ1) is 20.5. The van der Waals surface area contributed by atoms with E-state index in [1.54, 1.807) is 26.4 Å². The molecule has 0 spiro atoms. The van der Waals surface area contributed by atoms with Crippen LogP contribution in [0.1, 0.15) is 22.7 Å². The molecular weight excluding hydrogens is 554 g/mol. The fraction of sp³-hybridized carbons (Fsp3) is 0.364. The van der Waals surface area contributed by atoms with Crippen LogP contribution in [0, 0.1) is 0 Å². The second-order valence-electron chi connectivity index (χ2n) is 10.1. The van der Waals surface area contributed by atoms with Gasteiger partial charge in [-0.2, -0.15) is 0 Å². The van der Waals surface area contributed by atoms with Crippen molar-refractivity contribution in [2.24, 2.45) is 5.73 Å². The van der Waals surface area contributed by atoms with Crippen molar-refractivity contribution < 1.29 is 23.7 Å². The predicted octanol–water partition coefficient (Wildman–Crippen LogP) is 4.66. The van der Waals surface area contributed by atoms with Crippen LogP contribution in [0.4, 0.5) is 0 Å². The van der Waals surface area contributed by atoms with Crippen LogP contribution in [-0.2, 0) is 14.3 Å². The second kappa shape index (κ2) is 16.4. The third kappa shape index (κ3) is 9.13. The predicted molar refractivity (Wildman–Crippen MR) is 166 cm³/mol. The molecule has 1 fully saturated rings. The Morgan fingerprint density at radius 1 is 0.929 bits per heavy atom. The molecule has 1 saturated heterocycles. The minimum Gasteiger partial charge on any atom is -0.493 e. The largest absolute Gasteiger partial charge is 0.493 e. The van der Waals surface area contributed by atoms with Crippen molar-refractivity contribution in [2.45, 2.75) is 12.1 Å². The minimum absolute atomic E-state index is 0.0878. The quantitative estimate of drug-likeness (QED) is 0.155. The van der Waals surface area contributed by atoms with Crippen LogP contribution < -0.4 is 15.2 Å². The lowest BCUT2D eigenvalue weighted by Crippen LogP contribution is -2.52. The van der Waals surface area contributed by atoms with Gasteiger partial charge in [-0.25, -0.2) is 0 Å². The van der Waals surface area contributed by atoms with Gasteiger partial charge in [0.1, 0.15) is 0 Å². The van der Waals surface area contributed by atoms with Gasteiger partial charge in [0, 0.05) is 44.9 Å². The van der Waals surface area contributed by atoms with Gasteiger partial charge in [0.2, 0.25) is 0 Å². The highest BCUT2D eigenvalue weighted by Gasteiger charge is 2.27. The number of halogens is 1. The molecule has 2 unspecified atom stereocenters. The summed E-state index contributed by atoms with van der Waals surface area (Å²) in [5, 5.41) is 0.729. The average molecular weight is 594 g/mol. The van der Waals surface area contributed by atoms with Crippen LogP contribution in [0.3, 0.4) is 0 Å². The zero-order chi connectivity index (χ0) is 29.7. The standard InChI is InChI=1S/C33H40ClN3O5/c1-39-20-21-41-24-42-31-15-9-25(22-32(31)40-2)8-14-30(38)29(35)23-36-16-18-37(19-17-36)33(26-6-4-3-5-7-26)27-10-12-28(34)13-11-27/h3-15,22,29,33H,16-21,23-24,35H2,1-2H3. The van der Waals surface area contributed by atoms with Crippen LogP contribution in [0.5, 0.6) is 11.5 Å². The second-order valence-corrected chi connectivity index (χ2v) is 10.6. The molecule has 0 amide bonds. The maximum atomic E-state index is 12.9. The highest BCUT2D eigenvalue weighted by atomic mass is 35.5. The van der Waals surface area contributed by atoms with Crippen LogP contribution in [-0.4, -0.2) is 88.6 Å². The van der Waals surface area contributed by atoms with E-state index in [-0.39, 0.29) is 18.6 Å². The first-order valence-electron chi connectivity index (χ1n) is 14.1. The third-order valence-electron chi connectivity index (χ3n) is 7.25. The van der Waals surface area contributed by atoms with E-state index >= 15 is 0 Å². The zero-order valence-electron chi connectivity index (χ0n) is 24.3. The number of nitrogens with zero attached hydrogens (tertiary/aromatic N) is 2. The summed E-state index contributed by atoms with van der Waals surface area (Å²) < 4.78 is 21.4. The molecule has 3 aromatic rings. The number of methoxy groups -OCH3 is 2. The molecule has 224 valence electrons. The molecule has 1 aliphatic rings. The van der Waals surface area contributed by atoms with E-state index < -0.39 is 6.04 Å². The first kappa shape index (κ1) is 31.7. The van der Waals surface area contributed by atoms with Gasteiger partial charge >= 0.3 is 0 Å². The summed E-state index contributed by atoms with van der Waals surface area (Å²) in [6, 6.07) is 23.6. The van der Waals surface area contributed by atoms with Gasteiger partial charge < -0.3 is 24.7 Å². The molecule has 1 heterocycles. The number of hydrogen-bond acceptors (Lipinski definition) is 8. The number of hydrogen-bond donors (Lipinski definition) is 1. The number of carbonyl (C=O) groups is 1. The van der Waals surface area contributed by atoms with E-state index in [0.717, 1.165) is 36.8 Å². The molecule has 9 heteroatoms. The summed E-state index contributed by atoms with van der Waals surface area (Å²) in [5.74, 6) is 0.987. The fourth-order valence-electron chi connectivity index (χ4n) is 4.98. The van der Waals surface area contributed by atoms with Crippen molar-refractivity contribution in [3.63, 3.8) is 0 Å². The normalized spacial score (nSPS) is 15.9. The first-order valence-corrected chi connectivity index (χ1v) is 14.5. The minimum atomic E-state index is -0.609. The van der Waals surface area contributed by atoms with E-state index in [1.165, 1.54) is 17.2 Å². The summed E-state index contributed by atoms with van der Waals surface area (Å²) in [6.07, 6.45) is 3.29. The Balaban J connectivity index is 1.29. The Morgan fingerprint density at radius 3 is 2.33 bits per heavy atom. The van der Waals surface area contributed by atoms with Gasteiger partial charge in [-0.05, 0) is 47.0 Å².